The maximum Gasteiger partial charge on any atom is 0.191 e. The predicted molar refractivity (Wildman–Crippen MR) is 99.2 cm³/mol. The smallest absolute Gasteiger partial charge is 0.191 e. The topological polar surface area (TPSA) is 30.9 Å². The minimum Gasteiger partial charge on any atom is -0.488 e. The molecule has 1 aromatic rings. The highest BCUT2D eigenvalue weighted by atomic mass is 32.2. The maximum absolute atomic E-state index is 5.74. The van der Waals surface area contributed by atoms with Crippen molar-refractivity contribution in [2.45, 2.75) is 20.1 Å². The summed E-state index contributed by atoms with van der Waals surface area (Å²) in [5.41, 5.74) is 3.49. The van der Waals surface area contributed by atoms with Crippen molar-refractivity contribution in [3.05, 3.63) is 35.2 Å². The Kier molecular flexibility index (Phi) is 7.82. The molecule has 0 radical (unpaired) electrons. The molecular weight excluding hydrogens is 310 g/mol. The van der Waals surface area contributed by atoms with Gasteiger partial charge >= 0.3 is 0 Å². The quantitative estimate of drug-likeness (QED) is 0.510. The van der Waals surface area contributed by atoms with Crippen LogP contribution in [0.1, 0.15) is 19.4 Å². The fourth-order valence-corrected chi connectivity index (χ4v) is 3.92. The van der Waals surface area contributed by atoms with Gasteiger partial charge in [-0.3, -0.25) is 4.90 Å². The van der Waals surface area contributed by atoms with Crippen molar-refractivity contribution in [3.8, 4) is 5.75 Å². The van der Waals surface area contributed by atoms with E-state index in [1.807, 2.05) is 26.0 Å². The molecule has 1 aliphatic heterocycles. The summed E-state index contributed by atoms with van der Waals surface area (Å²) in [6.07, 6.45) is 1.88. The first-order chi connectivity index (χ1) is 11.2. The third-order valence-electron chi connectivity index (χ3n) is 3.40. The fraction of sp³-hybridized carbons (Fsp3) is 0.500. The average Bonchev–Trinajstić information content (AvgIpc) is 2.97. The van der Waals surface area contributed by atoms with E-state index in [-0.39, 0.29) is 16.8 Å². The van der Waals surface area contributed by atoms with Gasteiger partial charge in [-0.05, 0) is 50.1 Å². The van der Waals surface area contributed by atoms with E-state index < -0.39 is 0 Å². The third kappa shape index (κ3) is 6.47. The Hall–Kier alpha value is -1.14. The molecule has 1 atom stereocenters. The number of nitrogens with zero attached hydrogens (tertiary/aromatic N) is 1. The van der Waals surface area contributed by atoms with Gasteiger partial charge in [0.15, 0.2) is 6.29 Å². The summed E-state index contributed by atoms with van der Waals surface area (Å²) in [4.78, 5) is 2.26. The molecule has 23 heavy (non-hydrogen) atoms. The van der Waals surface area contributed by atoms with Crippen LogP contribution < -0.4 is 4.74 Å². The van der Waals surface area contributed by atoms with E-state index in [0.717, 1.165) is 12.3 Å². The van der Waals surface area contributed by atoms with E-state index >= 15 is 0 Å². The lowest BCUT2D eigenvalue weighted by Crippen LogP contribution is -2.25. The van der Waals surface area contributed by atoms with Crippen LogP contribution in [-0.2, 0) is 9.47 Å². The standard InChI is InChI=1S/C18H27NO3S/c1-4-20-18(21-5-2)14-22-17-8-6-16(7-9-17)10-12-23-13-11-19(3)15-23/h6-10,12,15,18H,4-5,11,13-14H2,1-3H3. The summed E-state index contributed by atoms with van der Waals surface area (Å²) in [5.74, 6) is 2.06. The summed E-state index contributed by atoms with van der Waals surface area (Å²) < 4.78 is 16.7. The fourth-order valence-electron chi connectivity index (χ4n) is 2.21. The van der Waals surface area contributed by atoms with Gasteiger partial charge < -0.3 is 14.2 Å². The van der Waals surface area contributed by atoms with Crippen molar-refractivity contribution in [1.82, 2.24) is 4.90 Å². The first-order valence-corrected chi connectivity index (χ1v) is 9.61. The first-order valence-electron chi connectivity index (χ1n) is 8.09. The Morgan fingerprint density at radius 3 is 2.43 bits per heavy atom. The number of hydrogen-bond donors (Lipinski definition) is 0. The highest BCUT2D eigenvalue weighted by Crippen LogP contribution is 2.21. The zero-order valence-corrected chi connectivity index (χ0v) is 15.1. The second kappa shape index (κ2) is 9.88. The third-order valence-corrected chi connectivity index (χ3v) is 5.17. The average molecular weight is 337 g/mol. The molecule has 1 heterocycles. The van der Waals surface area contributed by atoms with Gasteiger partial charge in [0.2, 0.25) is 0 Å². The second-order valence-corrected chi connectivity index (χ2v) is 7.11. The van der Waals surface area contributed by atoms with Crippen LogP contribution in [-0.4, -0.2) is 55.8 Å². The highest BCUT2D eigenvalue weighted by Gasteiger charge is 2.08. The molecule has 0 amide bonds. The zero-order chi connectivity index (χ0) is 16.5. The Labute approximate surface area is 142 Å². The van der Waals surface area contributed by atoms with Gasteiger partial charge in [-0.1, -0.05) is 12.1 Å². The van der Waals surface area contributed by atoms with Gasteiger partial charge in [0, 0.05) is 31.0 Å². The van der Waals surface area contributed by atoms with Crippen LogP contribution in [0.4, 0.5) is 0 Å². The van der Waals surface area contributed by atoms with Crippen molar-refractivity contribution >= 4 is 22.1 Å². The van der Waals surface area contributed by atoms with Crippen molar-refractivity contribution in [2.24, 2.45) is 0 Å². The van der Waals surface area contributed by atoms with Crippen molar-refractivity contribution in [1.29, 1.82) is 0 Å². The van der Waals surface area contributed by atoms with Crippen molar-refractivity contribution in [2.75, 3.05) is 39.2 Å². The molecule has 0 bridgehead atoms. The van der Waals surface area contributed by atoms with Crippen LogP contribution in [0.3, 0.4) is 0 Å². The number of rotatable bonds is 9. The van der Waals surface area contributed by atoms with Gasteiger partial charge in [0.05, 0.1) is 0 Å². The van der Waals surface area contributed by atoms with Gasteiger partial charge in [0.25, 0.3) is 0 Å². The Balaban J connectivity index is 1.84. The van der Waals surface area contributed by atoms with Crippen LogP contribution in [0, 0.1) is 0 Å². The van der Waals surface area contributed by atoms with Crippen LogP contribution in [0.15, 0.2) is 29.7 Å². The van der Waals surface area contributed by atoms with E-state index in [9.17, 15) is 0 Å². The summed E-state index contributed by atoms with van der Waals surface area (Å²) in [5, 5.41) is 2.29. The van der Waals surface area contributed by atoms with Gasteiger partial charge in [-0.25, -0.2) is 0 Å². The summed E-state index contributed by atoms with van der Waals surface area (Å²) >= 11 is 0. The zero-order valence-electron chi connectivity index (χ0n) is 14.2. The molecule has 4 nitrogen and oxygen atoms in total. The minimum absolute atomic E-state index is 0.278. The van der Waals surface area contributed by atoms with Crippen LogP contribution in [0.2, 0.25) is 0 Å². The monoisotopic (exact) mass is 337 g/mol. The van der Waals surface area contributed by atoms with E-state index in [2.05, 4.69) is 41.1 Å². The van der Waals surface area contributed by atoms with E-state index in [4.69, 9.17) is 14.2 Å². The molecule has 1 unspecified atom stereocenters. The van der Waals surface area contributed by atoms with E-state index in [1.54, 1.807) is 0 Å². The molecule has 0 N–H and O–H groups in total. The maximum atomic E-state index is 5.74. The molecule has 0 spiro atoms. The Morgan fingerprint density at radius 1 is 1.17 bits per heavy atom. The summed E-state index contributed by atoms with van der Waals surface area (Å²) in [7, 11) is 2.41. The van der Waals surface area contributed by atoms with Gasteiger partial charge in [0.1, 0.15) is 12.4 Å². The molecule has 5 heteroatoms. The lowest BCUT2D eigenvalue weighted by Gasteiger charge is -2.17. The molecule has 0 saturated carbocycles. The van der Waals surface area contributed by atoms with Crippen LogP contribution in [0.25, 0.3) is 6.08 Å². The summed E-state index contributed by atoms with van der Waals surface area (Å²) in [6, 6.07) is 8.13. The lowest BCUT2D eigenvalue weighted by atomic mass is 10.2. The first kappa shape index (κ1) is 18.2. The van der Waals surface area contributed by atoms with Gasteiger partial charge in [-0.2, -0.15) is 0 Å². The molecule has 2 rings (SSSR count). The number of benzene rings is 1. The van der Waals surface area contributed by atoms with E-state index in [1.165, 1.54) is 11.3 Å². The van der Waals surface area contributed by atoms with Crippen molar-refractivity contribution < 1.29 is 14.2 Å². The predicted octanol–water partition coefficient (Wildman–Crippen LogP) is 3.41. The second-order valence-electron chi connectivity index (χ2n) is 5.28. The van der Waals surface area contributed by atoms with Crippen LogP contribution in [0.5, 0.6) is 5.75 Å². The molecule has 1 aliphatic rings. The van der Waals surface area contributed by atoms with Gasteiger partial charge in [-0.15, -0.1) is 10.5 Å². The molecule has 0 aliphatic carbocycles. The number of hydrogen-bond acceptors (Lipinski definition) is 4. The Bertz CT molecular complexity index is 522. The normalized spacial score (nSPS) is 18.7. The SMILES string of the molecule is CCOC(COc1ccc(C=CS2=CN(C)CC2)cc1)OCC. The lowest BCUT2D eigenvalue weighted by molar-refractivity contribution is -0.152. The molecule has 0 aromatic heterocycles. The minimum atomic E-state index is -0.305. The molecule has 0 fully saturated rings. The largest absolute Gasteiger partial charge is 0.488 e. The molecule has 128 valence electrons. The highest BCUT2D eigenvalue weighted by molar-refractivity contribution is 8.17. The summed E-state index contributed by atoms with van der Waals surface area (Å²) in [6.45, 7) is 6.70. The molecular formula is C18H27NO3S. The van der Waals surface area contributed by atoms with Crippen LogP contribution >= 0.6 is 10.5 Å². The molecule has 0 saturated heterocycles. The Morgan fingerprint density at radius 2 is 1.87 bits per heavy atom. The van der Waals surface area contributed by atoms with Crippen molar-refractivity contribution in [3.63, 3.8) is 0 Å². The van der Waals surface area contributed by atoms with E-state index in [0.29, 0.717) is 19.8 Å². The molecule has 1 aromatic carbocycles. The number of ether oxygens (including phenoxy) is 3.